The second kappa shape index (κ2) is 7.50. The number of ether oxygens (including phenoxy) is 1. The quantitative estimate of drug-likeness (QED) is 0.664. The number of guanidine groups is 1. The number of nitrogens with zero attached hydrogens (tertiary/aromatic N) is 2. The first kappa shape index (κ1) is 14.3. The van der Waals surface area contributed by atoms with E-state index in [4.69, 9.17) is 9.73 Å². The Balaban J connectivity index is 1.91. The Hall–Kier alpha value is -1.07. The summed E-state index contributed by atoms with van der Waals surface area (Å²) in [6.07, 6.45) is 1.16. The van der Waals surface area contributed by atoms with Gasteiger partial charge in [-0.25, -0.2) is 4.99 Å². The van der Waals surface area contributed by atoms with E-state index in [9.17, 15) is 0 Å². The maximum absolute atomic E-state index is 5.43. The summed E-state index contributed by atoms with van der Waals surface area (Å²) in [5.74, 6) is 1.62. The van der Waals surface area contributed by atoms with Crippen molar-refractivity contribution in [1.29, 1.82) is 0 Å². The van der Waals surface area contributed by atoms with Crippen molar-refractivity contribution in [2.75, 3.05) is 33.4 Å². The monoisotopic (exact) mass is 281 g/mol. The van der Waals surface area contributed by atoms with Crippen LogP contribution < -0.4 is 5.32 Å². The lowest BCUT2D eigenvalue weighted by atomic mass is 10.1. The van der Waals surface area contributed by atoms with E-state index in [0.29, 0.717) is 5.92 Å². The molecule has 0 amide bonds. The summed E-state index contributed by atoms with van der Waals surface area (Å²) in [5, 5.41) is 7.60. The van der Waals surface area contributed by atoms with Crippen LogP contribution in [0.3, 0.4) is 0 Å². The number of thiophene rings is 1. The Kier molecular flexibility index (Phi) is 5.66. The highest BCUT2D eigenvalue weighted by molar-refractivity contribution is 7.07. The van der Waals surface area contributed by atoms with Gasteiger partial charge in [-0.2, -0.15) is 11.3 Å². The molecular formula is C14H23N3OS. The molecule has 1 aromatic rings. The molecule has 0 aliphatic carbocycles. The molecule has 1 aromatic heterocycles. The van der Waals surface area contributed by atoms with Crippen molar-refractivity contribution in [1.82, 2.24) is 10.2 Å². The molecule has 5 heteroatoms. The third-order valence-electron chi connectivity index (χ3n) is 3.24. The fourth-order valence-electron chi connectivity index (χ4n) is 2.22. The van der Waals surface area contributed by atoms with Gasteiger partial charge in [-0.05, 0) is 35.7 Å². The van der Waals surface area contributed by atoms with Crippen LogP contribution in [0, 0.1) is 5.92 Å². The van der Waals surface area contributed by atoms with E-state index in [2.05, 4.69) is 41.0 Å². The Morgan fingerprint density at radius 1 is 1.63 bits per heavy atom. The van der Waals surface area contributed by atoms with Crippen molar-refractivity contribution in [2.24, 2.45) is 10.9 Å². The van der Waals surface area contributed by atoms with Crippen LogP contribution in [0.5, 0.6) is 0 Å². The van der Waals surface area contributed by atoms with E-state index in [1.54, 1.807) is 11.3 Å². The zero-order chi connectivity index (χ0) is 13.5. The van der Waals surface area contributed by atoms with Gasteiger partial charge in [0.05, 0.1) is 13.2 Å². The van der Waals surface area contributed by atoms with Crippen molar-refractivity contribution in [3.05, 3.63) is 22.4 Å². The van der Waals surface area contributed by atoms with Crippen molar-refractivity contribution in [2.45, 2.75) is 19.9 Å². The van der Waals surface area contributed by atoms with E-state index in [1.807, 2.05) is 0 Å². The van der Waals surface area contributed by atoms with Gasteiger partial charge >= 0.3 is 0 Å². The van der Waals surface area contributed by atoms with Crippen LogP contribution in [0.1, 0.15) is 18.9 Å². The number of nitrogens with one attached hydrogen (secondary N) is 1. The molecule has 0 bridgehead atoms. The van der Waals surface area contributed by atoms with Gasteiger partial charge in [0.25, 0.3) is 0 Å². The van der Waals surface area contributed by atoms with Gasteiger partial charge in [-0.3, -0.25) is 0 Å². The first-order chi connectivity index (χ1) is 9.29. The molecule has 2 rings (SSSR count). The largest absolute Gasteiger partial charge is 0.381 e. The molecule has 1 atom stereocenters. The van der Waals surface area contributed by atoms with Gasteiger partial charge in [0.1, 0.15) is 0 Å². The second-order valence-corrected chi connectivity index (χ2v) is 5.69. The lowest BCUT2D eigenvalue weighted by Crippen LogP contribution is -2.41. The van der Waals surface area contributed by atoms with Crippen molar-refractivity contribution in [3.63, 3.8) is 0 Å². The highest BCUT2D eigenvalue weighted by atomic mass is 32.1. The Morgan fingerprint density at radius 3 is 3.16 bits per heavy atom. The molecule has 2 heterocycles. The highest BCUT2D eigenvalue weighted by Gasteiger charge is 2.18. The van der Waals surface area contributed by atoms with Gasteiger partial charge in [-0.15, -0.1) is 0 Å². The molecule has 0 saturated carbocycles. The van der Waals surface area contributed by atoms with Crippen molar-refractivity contribution < 1.29 is 4.74 Å². The lowest BCUT2D eigenvalue weighted by Gasteiger charge is -2.24. The molecule has 1 aliphatic heterocycles. The summed E-state index contributed by atoms with van der Waals surface area (Å²) in [4.78, 5) is 6.91. The van der Waals surface area contributed by atoms with Crippen molar-refractivity contribution >= 4 is 17.3 Å². The van der Waals surface area contributed by atoms with Crippen molar-refractivity contribution in [3.8, 4) is 0 Å². The molecule has 106 valence electrons. The fourth-order valence-corrected chi connectivity index (χ4v) is 2.88. The normalized spacial score (nSPS) is 19.7. The summed E-state index contributed by atoms with van der Waals surface area (Å²) < 4.78 is 5.43. The lowest BCUT2D eigenvalue weighted by molar-refractivity contribution is 0.181. The Morgan fingerprint density at radius 2 is 2.53 bits per heavy atom. The standard InChI is InChI=1S/C14H23N3OS/c1-3-15-14(16-8-12-5-7-19-11-12)17(2)9-13-4-6-18-10-13/h5,7,11,13H,3-4,6,8-10H2,1-2H3,(H,15,16). The maximum atomic E-state index is 5.43. The molecule has 0 spiro atoms. The number of aliphatic imine (C=N–C) groups is 1. The average molecular weight is 281 g/mol. The van der Waals surface area contributed by atoms with Crippen LogP contribution in [0.25, 0.3) is 0 Å². The number of hydrogen-bond acceptors (Lipinski definition) is 3. The summed E-state index contributed by atoms with van der Waals surface area (Å²) in [7, 11) is 2.10. The number of hydrogen-bond donors (Lipinski definition) is 1. The van der Waals surface area contributed by atoms with Crippen LogP contribution in [-0.4, -0.2) is 44.2 Å². The average Bonchev–Trinajstić information content (AvgIpc) is 3.07. The van der Waals surface area contributed by atoms with Gasteiger partial charge < -0.3 is 15.0 Å². The third kappa shape index (κ3) is 4.51. The summed E-state index contributed by atoms with van der Waals surface area (Å²) in [6, 6.07) is 2.13. The van der Waals surface area contributed by atoms with E-state index in [1.165, 1.54) is 5.56 Å². The molecule has 0 radical (unpaired) electrons. The summed E-state index contributed by atoms with van der Waals surface area (Å²) in [6.45, 7) is 6.54. The topological polar surface area (TPSA) is 36.9 Å². The molecule has 19 heavy (non-hydrogen) atoms. The van der Waals surface area contributed by atoms with E-state index in [-0.39, 0.29) is 0 Å². The van der Waals surface area contributed by atoms with E-state index in [0.717, 1.165) is 45.2 Å². The minimum absolute atomic E-state index is 0.634. The smallest absolute Gasteiger partial charge is 0.193 e. The number of rotatable bonds is 5. The predicted molar refractivity (Wildman–Crippen MR) is 80.7 cm³/mol. The fraction of sp³-hybridized carbons (Fsp3) is 0.643. The van der Waals surface area contributed by atoms with Gasteiger partial charge in [0.15, 0.2) is 5.96 Å². The van der Waals surface area contributed by atoms with Gasteiger partial charge in [0.2, 0.25) is 0 Å². The first-order valence-corrected chi connectivity index (χ1v) is 7.82. The minimum atomic E-state index is 0.634. The second-order valence-electron chi connectivity index (χ2n) is 4.91. The third-order valence-corrected chi connectivity index (χ3v) is 3.98. The summed E-state index contributed by atoms with van der Waals surface area (Å²) >= 11 is 1.72. The van der Waals surface area contributed by atoms with Gasteiger partial charge in [0, 0.05) is 32.7 Å². The van der Waals surface area contributed by atoms with Crippen LogP contribution in [0.4, 0.5) is 0 Å². The zero-order valence-corrected chi connectivity index (χ0v) is 12.6. The summed E-state index contributed by atoms with van der Waals surface area (Å²) in [5.41, 5.74) is 1.28. The first-order valence-electron chi connectivity index (χ1n) is 6.88. The maximum Gasteiger partial charge on any atom is 0.193 e. The van der Waals surface area contributed by atoms with E-state index < -0.39 is 0 Å². The SMILES string of the molecule is CCNC(=NCc1ccsc1)N(C)CC1CCOC1. The highest BCUT2D eigenvalue weighted by Crippen LogP contribution is 2.13. The molecule has 1 aliphatic rings. The Labute approximate surface area is 119 Å². The molecule has 1 saturated heterocycles. The van der Waals surface area contributed by atoms with Crippen LogP contribution in [-0.2, 0) is 11.3 Å². The van der Waals surface area contributed by atoms with E-state index >= 15 is 0 Å². The van der Waals surface area contributed by atoms with Gasteiger partial charge in [-0.1, -0.05) is 0 Å². The molecule has 4 nitrogen and oxygen atoms in total. The zero-order valence-electron chi connectivity index (χ0n) is 11.8. The van der Waals surface area contributed by atoms with Crippen LogP contribution in [0.15, 0.2) is 21.8 Å². The van der Waals surface area contributed by atoms with Crippen LogP contribution in [0.2, 0.25) is 0 Å². The molecular weight excluding hydrogens is 258 g/mol. The predicted octanol–water partition coefficient (Wildman–Crippen LogP) is 2.18. The molecule has 0 aromatic carbocycles. The van der Waals surface area contributed by atoms with Crippen LogP contribution >= 0.6 is 11.3 Å². The molecule has 1 N–H and O–H groups in total. The Bertz CT molecular complexity index is 385. The molecule has 1 fully saturated rings. The molecule has 1 unspecified atom stereocenters. The minimum Gasteiger partial charge on any atom is -0.381 e.